The van der Waals surface area contributed by atoms with E-state index >= 15 is 0 Å². The topological polar surface area (TPSA) is 40.9 Å². The van der Waals surface area contributed by atoms with Crippen molar-refractivity contribution in [1.29, 1.82) is 5.26 Å². The molecule has 1 aromatic rings. The normalized spacial score (nSPS) is 24.3. The first-order valence-electron chi connectivity index (χ1n) is 5.91. The summed E-state index contributed by atoms with van der Waals surface area (Å²) in [5, 5.41) is 9.06. The van der Waals surface area contributed by atoms with Crippen molar-refractivity contribution in [3.63, 3.8) is 0 Å². The van der Waals surface area contributed by atoms with Gasteiger partial charge in [0, 0.05) is 23.0 Å². The zero-order valence-electron chi connectivity index (χ0n) is 9.63. The molecule has 2 nitrogen and oxygen atoms in total. The van der Waals surface area contributed by atoms with E-state index < -0.39 is 0 Å². The highest BCUT2D eigenvalue weighted by atomic mass is 32.2. The van der Waals surface area contributed by atoms with Crippen LogP contribution < -0.4 is 0 Å². The molecular weight excluding hydrogens is 230 g/mol. The number of thioether (sulfide) groups is 1. The van der Waals surface area contributed by atoms with E-state index in [1.54, 1.807) is 11.8 Å². The number of ketones is 1. The number of nitrogens with zero attached hydrogens (tertiary/aromatic N) is 1. The van der Waals surface area contributed by atoms with Gasteiger partial charge >= 0.3 is 0 Å². The highest BCUT2D eigenvalue weighted by molar-refractivity contribution is 7.99. The fraction of sp³-hybridized carbons (Fsp3) is 0.429. The summed E-state index contributed by atoms with van der Waals surface area (Å²) in [5.74, 6) is 0.860. The SMILES string of the molecule is N#CC1CCCC(=O)C1CSc1ccccc1. The van der Waals surface area contributed by atoms with E-state index in [1.807, 2.05) is 30.3 Å². The van der Waals surface area contributed by atoms with Crippen LogP contribution in [0.15, 0.2) is 35.2 Å². The molecule has 0 aromatic heterocycles. The molecule has 0 saturated heterocycles. The van der Waals surface area contributed by atoms with Crippen molar-refractivity contribution in [2.24, 2.45) is 11.8 Å². The van der Waals surface area contributed by atoms with Crippen LogP contribution in [0.1, 0.15) is 19.3 Å². The van der Waals surface area contributed by atoms with Crippen LogP contribution in [0.2, 0.25) is 0 Å². The molecule has 0 amide bonds. The molecule has 1 saturated carbocycles. The van der Waals surface area contributed by atoms with E-state index in [-0.39, 0.29) is 17.6 Å². The van der Waals surface area contributed by atoms with E-state index in [0.717, 1.165) is 18.6 Å². The lowest BCUT2D eigenvalue weighted by molar-refractivity contribution is -0.124. The van der Waals surface area contributed by atoms with Gasteiger partial charge in [0.25, 0.3) is 0 Å². The van der Waals surface area contributed by atoms with Gasteiger partial charge in [-0.05, 0) is 25.0 Å². The molecule has 1 aliphatic carbocycles. The number of carbonyl (C=O) groups is 1. The Labute approximate surface area is 106 Å². The molecule has 1 fully saturated rings. The van der Waals surface area contributed by atoms with Crippen molar-refractivity contribution in [2.75, 3.05) is 5.75 Å². The maximum atomic E-state index is 11.8. The van der Waals surface area contributed by atoms with E-state index in [2.05, 4.69) is 6.07 Å². The third kappa shape index (κ3) is 3.10. The standard InChI is InChI=1S/C14H15NOS/c15-9-11-5-4-8-14(16)13(11)10-17-12-6-2-1-3-7-12/h1-3,6-7,11,13H,4-5,8,10H2. The number of hydrogen-bond acceptors (Lipinski definition) is 3. The maximum Gasteiger partial charge on any atom is 0.138 e. The van der Waals surface area contributed by atoms with Crippen LogP contribution >= 0.6 is 11.8 Å². The quantitative estimate of drug-likeness (QED) is 0.767. The van der Waals surface area contributed by atoms with Gasteiger partial charge in [0.15, 0.2) is 0 Å². The second-order valence-electron chi connectivity index (χ2n) is 4.32. The molecule has 0 radical (unpaired) electrons. The van der Waals surface area contributed by atoms with Crippen molar-refractivity contribution in [1.82, 2.24) is 0 Å². The predicted molar refractivity (Wildman–Crippen MR) is 68.6 cm³/mol. The lowest BCUT2D eigenvalue weighted by Crippen LogP contribution is -2.29. The predicted octanol–water partition coefficient (Wildman–Crippen LogP) is 3.29. The number of Topliss-reactive ketones (excluding diaryl/α,β-unsaturated/α-hetero) is 1. The van der Waals surface area contributed by atoms with Gasteiger partial charge in [0.1, 0.15) is 5.78 Å². The van der Waals surface area contributed by atoms with Crippen molar-refractivity contribution < 1.29 is 4.79 Å². The average Bonchev–Trinajstić information content (AvgIpc) is 2.38. The first-order chi connectivity index (χ1) is 8.31. The van der Waals surface area contributed by atoms with Gasteiger partial charge in [-0.2, -0.15) is 5.26 Å². The number of carbonyl (C=O) groups excluding carboxylic acids is 1. The number of nitriles is 1. The molecule has 2 unspecified atom stereocenters. The molecule has 2 atom stereocenters. The van der Waals surface area contributed by atoms with Gasteiger partial charge in [-0.1, -0.05) is 18.2 Å². The Kier molecular flexibility index (Phi) is 4.22. The second kappa shape index (κ2) is 5.88. The second-order valence-corrected chi connectivity index (χ2v) is 5.42. The summed E-state index contributed by atoms with van der Waals surface area (Å²) in [5.41, 5.74) is 0. The minimum atomic E-state index is -0.0764. The molecule has 2 rings (SSSR count). The Hall–Kier alpha value is -1.27. The van der Waals surface area contributed by atoms with Gasteiger partial charge < -0.3 is 0 Å². The summed E-state index contributed by atoms with van der Waals surface area (Å²) in [6.07, 6.45) is 2.41. The van der Waals surface area contributed by atoms with Crippen LogP contribution in [0.25, 0.3) is 0 Å². The van der Waals surface area contributed by atoms with Crippen LogP contribution in [0.3, 0.4) is 0 Å². The van der Waals surface area contributed by atoms with Gasteiger partial charge in [0.2, 0.25) is 0 Å². The summed E-state index contributed by atoms with van der Waals surface area (Å²) in [7, 11) is 0. The molecule has 1 aromatic carbocycles. The van der Waals surface area contributed by atoms with Gasteiger partial charge in [-0.15, -0.1) is 11.8 Å². The third-order valence-corrected chi connectivity index (χ3v) is 4.31. The van der Waals surface area contributed by atoms with E-state index in [9.17, 15) is 4.79 Å². The van der Waals surface area contributed by atoms with Crippen LogP contribution in [-0.4, -0.2) is 11.5 Å². The van der Waals surface area contributed by atoms with Crippen molar-refractivity contribution in [3.8, 4) is 6.07 Å². The summed E-state index contributed by atoms with van der Waals surface area (Å²) < 4.78 is 0. The van der Waals surface area contributed by atoms with Crippen LogP contribution in [0.5, 0.6) is 0 Å². The van der Waals surface area contributed by atoms with Crippen molar-refractivity contribution in [2.45, 2.75) is 24.2 Å². The zero-order chi connectivity index (χ0) is 12.1. The first-order valence-corrected chi connectivity index (χ1v) is 6.90. The van der Waals surface area contributed by atoms with E-state index in [4.69, 9.17) is 5.26 Å². The van der Waals surface area contributed by atoms with Gasteiger partial charge in [-0.25, -0.2) is 0 Å². The summed E-state index contributed by atoms with van der Waals surface area (Å²) in [4.78, 5) is 13.0. The molecular formula is C14H15NOS. The number of benzene rings is 1. The molecule has 3 heteroatoms. The molecule has 0 heterocycles. The Bertz CT molecular complexity index is 424. The highest BCUT2D eigenvalue weighted by Gasteiger charge is 2.31. The van der Waals surface area contributed by atoms with Crippen LogP contribution in [0, 0.1) is 23.2 Å². The molecule has 1 aliphatic rings. The third-order valence-electron chi connectivity index (χ3n) is 3.18. The van der Waals surface area contributed by atoms with Gasteiger partial charge in [-0.3, -0.25) is 4.79 Å². The maximum absolute atomic E-state index is 11.8. The Balaban J connectivity index is 1.97. The Morgan fingerprint density at radius 2 is 2.12 bits per heavy atom. The Morgan fingerprint density at radius 3 is 2.82 bits per heavy atom. The first kappa shape index (κ1) is 12.2. The fourth-order valence-corrected chi connectivity index (χ4v) is 3.31. The van der Waals surface area contributed by atoms with Crippen molar-refractivity contribution >= 4 is 17.5 Å². The summed E-state index contributed by atoms with van der Waals surface area (Å²) in [6, 6.07) is 12.3. The van der Waals surface area contributed by atoms with Crippen molar-refractivity contribution in [3.05, 3.63) is 30.3 Å². The number of rotatable bonds is 3. The lowest BCUT2D eigenvalue weighted by atomic mass is 9.80. The Morgan fingerprint density at radius 1 is 1.35 bits per heavy atom. The molecule has 0 spiro atoms. The van der Waals surface area contributed by atoms with Crippen LogP contribution in [0.4, 0.5) is 0 Å². The molecule has 0 N–H and O–H groups in total. The zero-order valence-corrected chi connectivity index (χ0v) is 10.5. The average molecular weight is 245 g/mol. The highest BCUT2D eigenvalue weighted by Crippen LogP contribution is 2.31. The smallest absolute Gasteiger partial charge is 0.138 e. The molecule has 0 aliphatic heterocycles. The molecule has 88 valence electrons. The lowest BCUT2D eigenvalue weighted by Gasteiger charge is -2.24. The van der Waals surface area contributed by atoms with E-state index in [1.165, 1.54) is 4.90 Å². The minimum Gasteiger partial charge on any atom is -0.299 e. The minimum absolute atomic E-state index is 0.0704. The monoisotopic (exact) mass is 245 g/mol. The van der Waals surface area contributed by atoms with Crippen LogP contribution in [-0.2, 0) is 4.79 Å². The molecule has 0 bridgehead atoms. The largest absolute Gasteiger partial charge is 0.299 e. The van der Waals surface area contributed by atoms with E-state index in [0.29, 0.717) is 6.42 Å². The van der Waals surface area contributed by atoms with Gasteiger partial charge in [0.05, 0.1) is 12.0 Å². The fourth-order valence-electron chi connectivity index (χ4n) is 2.17. The molecule has 17 heavy (non-hydrogen) atoms. The summed E-state index contributed by atoms with van der Waals surface area (Å²) in [6.45, 7) is 0. The summed E-state index contributed by atoms with van der Waals surface area (Å²) >= 11 is 1.68. The number of hydrogen-bond donors (Lipinski definition) is 0.